The van der Waals surface area contributed by atoms with Crippen LogP contribution in [0.25, 0.3) is 0 Å². The van der Waals surface area contributed by atoms with Crippen LogP contribution in [0, 0.1) is 45.3 Å². The molecule has 5 fully saturated rings. The Balaban J connectivity index is 1.38. The first-order valence-corrected chi connectivity index (χ1v) is 16.0. The van der Waals surface area contributed by atoms with Crippen molar-refractivity contribution in [1.29, 1.82) is 0 Å². The number of ether oxygens (including phenoxy) is 3. The molecule has 5 nitrogen and oxygen atoms in total. The van der Waals surface area contributed by atoms with E-state index in [9.17, 15) is 9.59 Å². The molecule has 39 heavy (non-hydrogen) atoms. The quantitative estimate of drug-likeness (QED) is 0.337. The number of esters is 2. The van der Waals surface area contributed by atoms with E-state index in [4.69, 9.17) is 14.2 Å². The van der Waals surface area contributed by atoms with E-state index in [0.29, 0.717) is 34.5 Å². The summed E-state index contributed by atoms with van der Waals surface area (Å²) in [5, 5.41) is 0. The summed E-state index contributed by atoms with van der Waals surface area (Å²) in [5.74, 6) is 2.15. The molecule has 1 saturated heterocycles. The van der Waals surface area contributed by atoms with Gasteiger partial charge in [-0.05, 0) is 125 Å². The van der Waals surface area contributed by atoms with Crippen LogP contribution < -0.4 is 0 Å². The maximum absolute atomic E-state index is 11.9. The molecule has 0 aromatic carbocycles. The van der Waals surface area contributed by atoms with Crippen LogP contribution in [0.15, 0.2) is 0 Å². The third-order valence-corrected chi connectivity index (χ3v) is 13.9. The Morgan fingerprint density at radius 2 is 1.38 bits per heavy atom. The van der Waals surface area contributed by atoms with Crippen LogP contribution in [-0.2, 0) is 23.8 Å². The third kappa shape index (κ3) is 4.24. The first-order chi connectivity index (χ1) is 17.9. The second kappa shape index (κ2) is 9.20. The second-order valence-electron chi connectivity index (χ2n) is 16.4. The van der Waals surface area contributed by atoms with Crippen molar-refractivity contribution >= 4 is 11.9 Å². The lowest BCUT2D eigenvalue weighted by Gasteiger charge is -2.70. The molecule has 222 valence electrons. The molecule has 5 aliphatic rings. The first-order valence-electron chi connectivity index (χ1n) is 16.0. The Kier molecular flexibility index (Phi) is 6.93. The lowest BCUT2D eigenvalue weighted by atomic mass is 9.35. The van der Waals surface area contributed by atoms with Crippen molar-refractivity contribution in [1.82, 2.24) is 0 Å². The molecule has 0 unspecified atom stereocenters. The van der Waals surface area contributed by atoms with Gasteiger partial charge in [0.2, 0.25) is 0 Å². The number of fused-ring (bicyclic) bond motifs is 5. The summed E-state index contributed by atoms with van der Waals surface area (Å²) in [4.78, 5) is 23.7. The van der Waals surface area contributed by atoms with Crippen molar-refractivity contribution < 1.29 is 23.8 Å². The fourth-order valence-corrected chi connectivity index (χ4v) is 11.9. The second-order valence-corrected chi connectivity index (χ2v) is 16.4. The molecule has 1 aliphatic heterocycles. The average molecular weight is 545 g/mol. The fourth-order valence-electron chi connectivity index (χ4n) is 11.9. The van der Waals surface area contributed by atoms with E-state index in [2.05, 4.69) is 41.5 Å². The van der Waals surface area contributed by atoms with Crippen molar-refractivity contribution in [3.63, 3.8) is 0 Å². The minimum atomic E-state index is -0.597. The van der Waals surface area contributed by atoms with Gasteiger partial charge in [0, 0.05) is 19.3 Å². The van der Waals surface area contributed by atoms with Crippen molar-refractivity contribution in [2.45, 2.75) is 157 Å². The minimum Gasteiger partial charge on any atom is -0.462 e. The van der Waals surface area contributed by atoms with Gasteiger partial charge in [-0.15, -0.1) is 0 Å². The molecule has 0 radical (unpaired) electrons. The molecule has 0 spiro atoms. The number of rotatable bonds is 4. The van der Waals surface area contributed by atoms with Gasteiger partial charge in [0.1, 0.15) is 11.7 Å². The van der Waals surface area contributed by atoms with E-state index in [0.717, 1.165) is 25.7 Å². The van der Waals surface area contributed by atoms with Crippen LogP contribution in [0.3, 0.4) is 0 Å². The van der Waals surface area contributed by atoms with Gasteiger partial charge in [0.05, 0.1) is 11.7 Å². The van der Waals surface area contributed by atoms with E-state index in [-0.39, 0.29) is 40.6 Å². The maximum Gasteiger partial charge on any atom is 0.303 e. The molecule has 5 heteroatoms. The first kappa shape index (κ1) is 29.4. The summed E-state index contributed by atoms with van der Waals surface area (Å²) < 4.78 is 18.5. The van der Waals surface area contributed by atoms with Crippen LogP contribution in [0.4, 0.5) is 0 Å². The van der Waals surface area contributed by atoms with Crippen LogP contribution >= 0.6 is 0 Å². The monoisotopic (exact) mass is 544 g/mol. The predicted octanol–water partition coefficient (Wildman–Crippen LogP) is 7.88. The molecule has 1 heterocycles. The molecule has 10 atom stereocenters. The van der Waals surface area contributed by atoms with Gasteiger partial charge in [-0.25, -0.2) is 0 Å². The summed E-state index contributed by atoms with van der Waals surface area (Å²) >= 11 is 0. The Morgan fingerprint density at radius 1 is 0.718 bits per heavy atom. The van der Waals surface area contributed by atoms with Crippen LogP contribution in [0.5, 0.6) is 0 Å². The third-order valence-electron chi connectivity index (χ3n) is 13.9. The molecular formula is C34H56O5. The minimum absolute atomic E-state index is 0.00485. The maximum atomic E-state index is 11.9. The van der Waals surface area contributed by atoms with Gasteiger partial charge in [-0.3, -0.25) is 9.59 Å². The standard InChI is InChI=1S/C34H56O5/c1-21(35)37-27-15-17-31(7)25(29(27,3)4)14-19-33(9)26(31)12-11-23-24(13-18-32(23,33)8)34(10)20-16-28(39-34)30(5,6)38-22(2)36/h23-28H,11-20H2,1-10H3/t23-,24+,25-,26+,27-,28+,31-,32+,33+,34+/m1/s1. The van der Waals surface area contributed by atoms with E-state index in [1.165, 1.54) is 45.4 Å². The molecule has 5 rings (SSSR count). The summed E-state index contributed by atoms with van der Waals surface area (Å²) in [7, 11) is 0. The van der Waals surface area contributed by atoms with Crippen molar-refractivity contribution in [3.8, 4) is 0 Å². The Hall–Kier alpha value is -1.10. The zero-order valence-electron chi connectivity index (χ0n) is 26.6. The van der Waals surface area contributed by atoms with Crippen LogP contribution in [0.2, 0.25) is 0 Å². The van der Waals surface area contributed by atoms with Crippen molar-refractivity contribution in [2.75, 3.05) is 0 Å². The molecule has 0 aromatic rings. The molecule has 0 aromatic heterocycles. The van der Waals surface area contributed by atoms with Gasteiger partial charge in [-0.1, -0.05) is 34.6 Å². The Labute approximate surface area is 237 Å². The smallest absolute Gasteiger partial charge is 0.303 e. The van der Waals surface area contributed by atoms with Gasteiger partial charge in [0.25, 0.3) is 0 Å². The van der Waals surface area contributed by atoms with E-state index in [1.54, 1.807) is 6.92 Å². The Bertz CT molecular complexity index is 1000. The van der Waals surface area contributed by atoms with Gasteiger partial charge in [-0.2, -0.15) is 0 Å². The van der Waals surface area contributed by atoms with E-state index < -0.39 is 5.60 Å². The largest absolute Gasteiger partial charge is 0.462 e. The van der Waals surface area contributed by atoms with Crippen LogP contribution in [-0.4, -0.2) is 35.3 Å². The number of hydrogen-bond acceptors (Lipinski definition) is 5. The number of hydrogen-bond donors (Lipinski definition) is 0. The summed E-state index contributed by atoms with van der Waals surface area (Å²) in [5.41, 5.74) is 0.155. The lowest BCUT2D eigenvalue weighted by molar-refractivity contribution is -0.231. The zero-order valence-corrected chi connectivity index (χ0v) is 26.6. The normalized spacial score (nSPS) is 49.0. The topological polar surface area (TPSA) is 61.8 Å². The summed E-state index contributed by atoms with van der Waals surface area (Å²) in [6.45, 7) is 22.1. The summed E-state index contributed by atoms with van der Waals surface area (Å²) in [6, 6.07) is 0. The molecule has 0 N–H and O–H groups in total. The van der Waals surface area contributed by atoms with Gasteiger partial charge < -0.3 is 14.2 Å². The van der Waals surface area contributed by atoms with Gasteiger partial charge >= 0.3 is 11.9 Å². The van der Waals surface area contributed by atoms with Crippen molar-refractivity contribution in [3.05, 3.63) is 0 Å². The van der Waals surface area contributed by atoms with Crippen molar-refractivity contribution in [2.24, 2.45) is 45.3 Å². The highest BCUT2D eigenvalue weighted by molar-refractivity contribution is 5.66. The molecule has 4 aliphatic carbocycles. The Morgan fingerprint density at radius 3 is 2.03 bits per heavy atom. The molecular weight excluding hydrogens is 488 g/mol. The molecule has 4 saturated carbocycles. The predicted molar refractivity (Wildman–Crippen MR) is 153 cm³/mol. The highest BCUT2D eigenvalue weighted by Gasteiger charge is 2.70. The SMILES string of the molecule is CC(=O)O[C@@H]1CC[C@]2(C)[C@H](CC[C@@]3(C)[C@H]2CC[C@@H]2[C@@H]([C@]4(C)CC[C@@H](C(C)(C)OC(C)=O)O4)CC[C@@]23C)C1(C)C. The van der Waals surface area contributed by atoms with E-state index in [1.807, 2.05) is 13.8 Å². The van der Waals surface area contributed by atoms with E-state index >= 15 is 0 Å². The van der Waals surface area contributed by atoms with Crippen LogP contribution in [0.1, 0.15) is 133 Å². The molecule has 0 amide bonds. The zero-order chi connectivity index (χ0) is 28.8. The summed E-state index contributed by atoms with van der Waals surface area (Å²) in [6.07, 6.45) is 11.7. The van der Waals surface area contributed by atoms with Gasteiger partial charge in [0.15, 0.2) is 0 Å². The molecule has 0 bridgehead atoms. The highest BCUT2D eigenvalue weighted by atomic mass is 16.6. The number of carbonyl (C=O) groups is 2. The lowest BCUT2D eigenvalue weighted by Crippen LogP contribution is -2.64. The number of carbonyl (C=O) groups excluding carboxylic acids is 2. The fraction of sp³-hybridized carbons (Fsp3) is 0.941. The average Bonchev–Trinajstić information content (AvgIpc) is 3.37. The highest BCUT2D eigenvalue weighted by Crippen LogP contribution is 2.76.